The summed E-state index contributed by atoms with van der Waals surface area (Å²) in [5.74, 6) is 1.41. The third kappa shape index (κ3) is 4.90. The molecule has 1 aliphatic carbocycles. The summed E-state index contributed by atoms with van der Waals surface area (Å²) in [6, 6.07) is 15.1. The lowest BCUT2D eigenvalue weighted by Crippen LogP contribution is -2.38. The third-order valence-electron chi connectivity index (χ3n) is 8.48. The zero-order valence-electron chi connectivity index (χ0n) is 22.7. The van der Waals surface area contributed by atoms with Gasteiger partial charge in [0, 0.05) is 36.1 Å². The van der Waals surface area contributed by atoms with Crippen molar-refractivity contribution >= 4 is 16.5 Å². The van der Waals surface area contributed by atoms with E-state index in [0.717, 1.165) is 56.0 Å². The highest BCUT2D eigenvalue weighted by molar-refractivity contribution is 5.86. The molecule has 1 unspecified atom stereocenters. The van der Waals surface area contributed by atoms with Gasteiger partial charge in [-0.1, -0.05) is 68.3 Å². The van der Waals surface area contributed by atoms with E-state index in [1.165, 1.54) is 33.3 Å². The highest BCUT2D eigenvalue weighted by Crippen LogP contribution is 2.40. The van der Waals surface area contributed by atoms with Crippen LogP contribution in [0.4, 0.5) is 0 Å². The van der Waals surface area contributed by atoms with E-state index in [4.69, 9.17) is 4.99 Å². The lowest BCUT2D eigenvalue weighted by molar-refractivity contribution is 0.243. The molecule has 5 rings (SSSR count). The normalized spacial score (nSPS) is 23.3. The van der Waals surface area contributed by atoms with E-state index in [1.54, 1.807) is 0 Å². The predicted octanol–water partition coefficient (Wildman–Crippen LogP) is 7.26. The van der Waals surface area contributed by atoms with Crippen LogP contribution in [0.3, 0.4) is 0 Å². The van der Waals surface area contributed by atoms with Crippen molar-refractivity contribution in [2.45, 2.75) is 52.0 Å². The topological polar surface area (TPSA) is 30.9 Å². The van der Waals surface area contributed by atoms with Gasteiger partial charge >= 0.3 is 0 Å². The molecule has 2 aromatic rings. The molecule has 0 saturated carbocycles. The summed E-state index contributed by atoms with van der Waals surface area (Å²) in [5.41, 5.74) is 6.67. The van der Waals surface area contributed by atoms with Crippen LogP contribution in [0.5, 0.6) is 0 Å². The number of aliphatic imine (C=N–C) groups is 1. The first kappa shape index (κ1) is 25.1. The smallest absolute Gasteiger partial charge is 0.101 e. The molecule has 2 aromatic carbocycles. The van der Waals surface area contributed by atoms with Crippen LogP contribution in [-0.4, -0.2) is 35.1 Å². The second-order valence-corrected chi connectivity index (χ2v) is 10.9. The van der Waals surface area contributed by atoms with Crippen LogP contribution in [0.2, 0.25) is 0 Å². The summed E-state index contributed by atoms with van der Waals surface area (Å²) < 4.78 is 0. The number of nitrogens with zero attached hydrogens (tertiary/aromatic N) is 3. The molecule has 1 N–H and O–H groups in total. The van der Waals surface area contributed by atoms with Gasteiger partial charge in [-0.05, 0) is 74.4 Å². The fourth-order valence-corrected chi connectivity index (χ4v) is 5.89. The van der Waals surface area contributed by atoms with Gasteiger partial charge in [-0.25, -0.2) is 0 Å². The lowest BCUT2D eigenvalue weighted by Gasteiger charge is -2.36. The van der Waals surface area contributed by atoms with Gasteiger partial charge in [0.05, 0.1) is 18.1 Å². The minimum atomic E-state index is -0.400. The van der Waals surface area contributed by atoms with Crippen molar-refractivity contribution in [3.8, 4) is 0 Å². The summed E-state index contributed by atoms with van der Waals surface area (Å²) in [7, 11) is 0. The molecule has 0 aromatic heterocycles. The Kier molecular flexibility index (Phi) is 6.85. The highest BCUT2D eigenvalue weighted by Gasteiger charge is 2.41. The molecule has 2 fully saturated rings. The van der Waals surface area contributed by atoms with Crippen molar-refractivity contribution < 1.29 is 0 Å². The second kappa shape index (κ2) is 10.1. The van der Waals surface area contributed by atoms with Crippen molar-refractivity contribution in [1.82, 2.24) is 15.1 Å². The predicted molar refractivity (Wildman–Crippen MR) is 157 cm³/mol. The molecule has 1 atom stereocenters. The minimum absolute atomic E-state index is 0.400. The van der Waals surface area contributed by atoms with Crippen molar-refractivity contribution in [3.05, 3.63) is 108 Å². The molecular formula is C33H40N4. The summed E-state index contributed by atoms with van der Waals surface area (Å²) in [6.07, 6.45) is 9.05. The molecule has 0 amide bonds. The molecule has 2 heterocycles. The van der Waals surface area contributed by atoms with Crippen LogP contribution in [-0.2, 0) is 5.54 Å². The first-order valence-corrected chi connectivity index (χ1v) is 13.5. The second-order valence-electron chi connectivity index (χ2n) is 10.9. The number of piperidine rings is 1. The Morgan fingerprint density at radius 1 is 1.05 bits per heavy atom. The van der Waals surface area contributed by atoms with Gasteiger partial charge in [0.25, 0.3) is 0 Å². The maximum absolute atomic E-state index is 5.01. The molecule has 0 radical (unpaired) electrons. The number of rotatable bonds is 6. The molecular weight excluding hydrogens is 452 g/mol. The van der Waals surface area contributed by atoms with Crippen LogP contribution in [0, 0.1) is 5.92 Å². The average Bonchev–Trinajstić information content (AvgIpc) is 3.13. The molecule has 2 aliphatic heterocycles. The van der Waals surface area contributed by atoms with Crippen molar-refractivity contribution in [3.63, 3.8) is 0 Å². The summed E-state index contributed by atoms with van der Waals surface area (Å²) in [6.45, 7) is 22.6. The monoisotopic (exact) mass is 492 g/mol. The summed E-state index contributed by atoms with van der Waals surface area (Å²) >= 11 is 0. The Hall–Kier alpha value is -3.53. The standard InChI is InChI=1S/C33H40N4/c1-23-11-7-10-14-32(23)34-25(3)28-17-19-36(20-18-28)24(2)22-37-26(4)33(6,35-27(37)5)31-16-15-29-12-8-9-13-30(29)21-31/h8-9,11-16,21,28,35H,2,4-5,7,10,17-20,22H2,1,3,6H3/b34-25+. The number of allylic oxidation sites excluding steroid dienone is 3. The van der Waals surface area contributed by atoms with Gasteiger partial charge < -0.3 is 15.1 Å². The Labute approximate surface area is 222 Å². The van der Waals surface area contributed by atoms with Gasteiger partial charge in [-0.2, -0.15) is 0 Å². The highest BCUT2D eigenvalue weighted by atomic mass is 15.4. The SMILES string of the molecule is C=C(CN1C(=C)NC(C)(c2ccc3ccccc3c2)C1=C)N1CCC(/C(C)=N/C2=CCCC=C2C)CC1. The minimum Gasteiger partial charge on any atom is -0.374 e. The maximum Gasteiger partial charge on any atom is 0.101 e. The van der Waals surface area contributed by atoms with Crippen LogP contribution in [0.15, 0.2) is 108 Å². The molecule has 2 saturated heterocycles. The Morgan fingerprint density at radius 2 is 1.76 bits per heavy atom. The number of likely N-dealkylation sites (tertiary alicyclic amines) is 1. The molecule has 0 bridgehead atoms. The van der Waals surface area contributed by atoms with E-state index in [9.17, 15) is 0 Å². The van der Waals surface area contributed by atoms with Crippen molar-refractivity contribution in [2.24, 2.45) is 10.9 Å². The molecule has 3 aliphatic rings. The van der Waals surface area contributed by atoms with E-state index in [1.807, 2.05) is 0 Å². The fraction of sp³-hybridized carbons (Fsp3) is 0.364. The van der Waals surface area contributed by atoms with E-state index >= 15 is 0 Å². The Morgan fingerprint density at radius 3 is 2.49 bits per heavy atom. The van der Waals surface area contributed by atoms with Gasteiger partial charge in [0.1, 0.15) is 5.54 Å². The summed E-state index contributed by atoms with van der Waals surface area (Å²) in [5, 5.41) is 6.11. The number of hydrogen-bond acceptors (Lipinski definition) is 4. The van der Waals surface area contributed by atoms with Gasteiger partial charge in [-0.3, -0.25) is 4.99 Å². The van der Waals surface area contributed by atoms with Crippen molar-refractivity contribution in [2.75, 3.05) is 19.6 Å². The van der Waals surface area contributed by atoms with Crippen LogP contribution < -0.4 is 5.32 Å². The largest absolute Gasteiger partial charge is 0.374 e. The first-order valence-electron chi connectivity index (χ1n) is 13.5. The number of hydrogen-bond donors (Lipinski definition) is 1. The third-order valence-corrected chi connectivity index (χ3v) is 8.48. The van der Waals surface area contributed by atoms with Crippen LogP contribution in [0.25, 0.3) is 10.8 Å². The van der Waals surface area contributed by atoms with Gasteiger partial charge in [0.2, 0.25) is 0 Å². The molecule has 4 nitrogen and oxygen atoms in total. The molecule has 0 spiro atoms. The molecule has 192 valence electrons. The zero-order chi connectivity index (χ0) is 26.2. The molecule has 37 heavy (non-hydrogen) atoms. The number of benzene rings is 2. The number of fused-ring (bicyclic) bond motifs is 1. The van der Waals surface area contributed by atoms with Crippen LogP contribution in [0.1, 0.15) is 52.0 Å². The average molecular weight is 493 g/mol. The van der Waals surface area contributed by atoms with E-state index in [0.29, 0.717) is 12.5 Å². The zero-order valence-corrected chi connectivity index (χ0v) is 22.7. The maximum atomic E-state index is 5.01. The first-order chi connectivity index (χ1) is 17.8. The summed E-state index contributed by atoms with van der Waals surface area (Å²) in [4.78, 5) is 9.63. The van der Waals surface area contributed by atoms with Gasteiger partial charge in [-0.15, -0.1) is 0 Å². The van der Waals surface area contributed by atoms with Crippen LogP contribution >= 0.6 is 0 Å². The van der Waals surface area contributed by atoms with Crippen molar-refractivity contribution in [1.29, 1.82) is 0 Å². The van der Waals surface area contributed by atoms with E-state index < -0.39 is 5.54 Å². The molecule has 4 heteroatoms. The fourth-order valence-electron chi connectivity index (χ4n) is 5.89. The van der Waals surface area contributed by atoms with E-state index in [2.05, 4.69) is 110 Å². The quantitative estimate of drug-likeness (QED) is 0.431. The number of nitrogens with one attached hydrogen (secondary N) is 1. The Bertz CT molecular complexity index is 1340. The Balaban J connectivity index is 1.22. The van der Waals surface area contributed by atoms with Gasteiger partial charge in [0.15, 0.2) is 0 Å². The van der Waals surface area contributed by atoms with E-state index in [-0.39, 0.29) is 0 Å². The lowest BCUT2D eigenvalue weighted by atomic mass is 9.88.